The lowest BCUT2D eigenvalue weighted by molar-refractivity contribution is 0.165. The minimum absolute atomic E-state index is 0.156. The number of piperazine rings is 1. The minimum atomic E-state index is -0.156. The highest BCUT2D eigenvalue weighted by Gasteiger charge is 2.22. The van der Waals surface area contributed by atoms with E-state index >= 15 is 0 Å². The van der Waals surface area contributed by atoms with Gasteiger partial charge in [-0.25, -0.2) is 4.39 Å². The summed E-state index contributed by atoms with van der Waals surface area (Å²) in [5.74, 6) is -0.156. The second kappa shape index (κ2) is 5.94. The molecule has 0 bridgehead atoms. The Bertz CT molecular complexity index is 378. The van der Waals surface area contributed by atoms with E-state index in [0.29, 0.717) is 0 Å². The highest BCUT2D eigenvalue weighted by molar-refractivity contribution is 5.21. The van der Waals surface area contributed by atoms with E-state index < -0.39 is 0 Å². The van der Waals surface area contributed by atoms with Gasteiger partial charge in [-0.2, -0.15) is 0 Å². The van der Waals surface area contributed by atoms with Gasteiger partial charge in [0.1, 0.15) is 5.82 Å². The SMILES string of the molecule is C=CCCN1CCNCC1c1cccc(F)c1. The average Bonchev–Trinajstić information content (AvgIpc) is 2.37. The van der Waals surface area contributed by atoms with Crippen molar-refractivity contribution in [2.24, 2.45) is 0 Å². The third kappa shape index (κ3) is 3.14. The van der Waals surface area contributed by atoms with Crippen LogP contribution in [0.2, 0.25) is 0 Å². The zero-order valence-electron chi connectivity index (χ0n) is 10.0. The molecule has 2 rings (SSSR count). The van der Waals surface area contributed by atoms with Crippen LogP contribution in [0.5, 0.6) is 0 Å². The summed E-state index contributed by atoms with van der Waals surface area (Å²) in [6.45, 7) is 7.65. The van der Waals surface area contributed by atoms with Gasteiger partial charge in [0.2, 0.25) is 0 Å². The monoisotopic (exact) mass is 234 g/mol. The fourth-order valence-electron chi connectivity index (χ4n) is 2.31. The van der Waals surface area contributed by atoms with Gasteiger partial charge in [-0.1, -0.05) is 18.2 Å². The van der Waals surface area contributed by atoms with Crippen molar-refractivity contribution < 1.29 is 4.39 Å². The smallest absolute Gasteiger partial charge is 0.123 e. The highest BCUT2D eigenvalue weighted by atomic mass is 19.1. The summed E-state index contributed by atoms with van der Waals surface area (Å²) in [5.41, 5.74) is 1.06. The summed E-state index contributed by atoms with van der Waals surface area (Å²) in [6, 6.07) is 7.19. The van der Waals surface area contributed by atoms with Crippen LogP contribution in [0.15, 0.2) is 36.9 Å². The van der Waals surface area contributed by atoms with Crippen molar-refractivity contribution in [3.05, 3.63) is 48.3 Å². The van der Waals surface area contributed by atoms with E-state index in [2.05, 4.69) is 16.8 Å². The largest absolute Gasteiger partial charge is 0.314 e. The molecule has 0 spiro atoms. The summed E-state index contributed by atoms with van der Waals surface area (Å²) in [4.78, 5) is 2.40. The van der Waals surface area contributed by atoms with E-state index in [1.165, 1.54) is 6.07 Å². The number of hydrogen-bond acceptors (Lipinski definition) is 2. The molecule has 1 aliphatic rings. The predicted octanol–water partition coefficient (Wildman–Crippen LogP) is 2.35. The summed E-state index contributed by atoms with van der Waals surface area (Å²) in [6.07, 6.45) is 2.91. The van der Waals surface area contributed by atoms with Crippen LogP contribution in [-0.2, 0) is 0 Å². The third-order valence-corrected chi connectivity index (χ3v) is 3.21. The minimum Gasteiger partial charge on any atom is -0.314 e. The van der Waals surface area contributed by atoms with Crippen LogP contribution in [0, 0.1) is 5.82 Å². The molecule has 1 unspecified atom stereocenters. The van der Waals surface area contributed by atoms with Crippen LogP contribution in [0.4, 0.5) is 4.39 Å². The van der Waals surface area contributed by atoms with Crippen LogP contribution in [0.3, 0.4) is 0 Å². The van der Waals surface area contributed by atoms with E-state index in [-0.39, 0.29) is 11.9 Å². The molecule has 92 valence electrons. The van der Waals surface area contributed by atoms with Crippen molar-refractivity contribution >= 4 is 0 Å². The summed E-state index contributed by atoms with van der Waals surface area (Å²) in [7, 11) is 0. The Hall–Kier alpha value is -1.19. The molecule has 1 aromatic rings. The molecule has 1 atom stereocenters. The molecular formula is C14H19FN2. The first-order chi connectivity index (χ1) is 8.31. The fourth-order valence-corrected chi connectivity index (χ4v) is 2.31. The van der Waals surface area contributed by atoms with Crippen molar-refractivity contribution in [1.82, 2.24) is 10.2 Å². The standard InChI is InChI=1S/C14H19FN2/c1-2-3-8-17-9-7-16-11-14(17)12-5-4-6-13(15)10-12/h2,4-6,10,14,16H,1,3,7-9,11H2. The molecule has 0 saturated carbocycles. The Morgan fingerprint density at radius 3 is 3.18 bits per heavy atom. The molecule has 2 nitrogen and oxygen atoms in total. The van der Waals surface area contributed by atoms with Crippen LogP contribution in [0.1, 0.15) is 18.0 Å². The maximum atomic E-state index is 13.2. The molecule has 1 aliphatic heterocycles. The Morgan fingerprint density at radius 1 is 1.53 bits per heavy atom. The van der Waals surface area contributed by atoms with E-state index in [9.17, 15) is 4.39 Å². The van der Waals surface area contributed by atoms with Gasteiger partial charge in [-0.05, 0) is 24.1 Å². The zero-order chi connectivity index (χ0) is 12.1. The van der Waals surface area contributed by atoms with E-state index in [4.69, 9.17) is 0 Å². The number of rotatable bonds is 4. The lowest BCUT2D eigenvalue weighted by Gasteiger charge is -2.36. The molecule has 0 aromatic heterocycles. The van der Waals surface area contributed by atoms with E-state index in [0.717, 1.165) is 38.2 Å². The average molecular weight is 234 g/mol. The van der Waals surface area contributed by atoms with Gasteiger partial charge in [0.05, 0.1) is 0 Å². The molecule has 17 heavy (non-hydrogen) atoms. The molecule has 1 heterocycles. The number of benzene rings is 1. The number of hydrogen-bond donors (Lipinski definition) is 1. The number of halogens is 1. The second-order valence-electron chi connectivity index (χ2n) is 4.39. The van der Waals surface area contributed by atoms with Gasteiger partial charge < -0.3 is 5.32 Å². The van der Waals surface area contributed by atoms with Gasteiger partial charge in [0, 0.05) is 32.2 Å². The Morgan fingerprint density at radius 2 is 2.41 bits per heavy atom. The first kappa shape index (κ1) is 12.3. The summed E-state index contributed by atoms with van der Waals surface area (Å²) in [5, 5.41) is 3.37. The van der Waals surface area contributed by atoms with Crippen LogP contribution < -0.4 is 5.32 Å². The van der Waals surface area contributed by atoms with Crippen molar-refractivity contribution in [1.29, 1.82) is 0 Å². The zero-order valence-corrected chi connectivity index (χ0v) is 10.0. The molecule has 0 amide bonds. The lowest BCUT2D eigenvalue weighted by atomic mass is 10.0. The normalized spacial score (nSPS) is 21.4. The molecule has 0 radical (unpaired) electrons. The molecule has 1 N–H and O–H groups in total. The highest BCUT2D eigenvalue weighted by Crippen LogP contribution is 2.22. The second-order valence-corrected chi connectivity index (χ2v) is 4.39. The number of nitrogens with zero attached hydrogens (tertiary/aromatic N) is 1. The third-order valence-electron chi connectivity index (χ3n) is 3.21. The lowest BCUT2D eigenvalue weighted by Crippen LogP contribution is -2.46. The van der Waals surface area contributed by atoms with Gasteiger partial charge in [0.15, 0.2) is 0 Å². The van der Waals surface area contributed by atoms with Gasteiger partial charge in [-0.15, -0.1) is 6.58 Å². The predicted molar refractivity (Wildman–Crippen MR) is 68.4 cm³/mol. The number of nitrogens with one attached hydrogen (secondary N) is 1. The first-order valence-corrected chi connectivity index (χ1v) is 6.12. The van der Waals surface area contributed by atoms with Gasteiger partial charge in [-0.3, -0.25) is 4.90 Å². The van der Waals surface area contributed by atoms with Crippen LogP contribution >= 0.6 is 0 Å². The topological polar surface area (TPSA) is 15.3 Å². The molecule has 1 saturated heterocycles. The van der Waals surface area contributed by atoms with Crippen molar-refractivity contribution in [2.45, 2.75) is 12.5 Å². The van der Waals surface area contributed by atoms with Crippen molar-refractivity contribution in [3.8, 4) is 0 Å². The van der Waals surface area contributed by atoms with E-state index in [1.807, 2.05) is 12.1 Å². The Kier molecular flexibility index (Phi) is 4.29. The Labute approximate surface area is 102 Å². The quantitative estimate of drug-likeness (QED) is 0.804. The van der Waals surface area contributed by atoms with Crippen molar-refractivity contribution in [2.75, 3.05) is 26.2 Å². The molecule has 1 aromatic carbocycles. The maximum absolute atomic E-state index is 13.2. The molecule has 3 heteroatoms. The van der Waals surface area contributed by atoms with E-state index in [1.54, 1.807) is 12.1 Å². The first-order valence-electron chi connectivity index (χ1n) is 6.12. The van der Waals surface area contributed by atoms with Gasteiger partial charge >= 0.3 is 0 Å². The van der Waals surface area contributed by atoms with Crippen LogP contribution in [-0.4, -0.2) is 31.1 Å². The molecule has 0 aliphatic carbocycles. The van der Waals surface area contributed by atoms with Crippen LogP contribution in [0.25, 0.3) is 0 Å². The fraction of sp³-hybridized carbons (Fsp3) is 0.429. The Balaban J connectivity index is 2.12. The maximum Gasteiger partial charge on any atom is 0.123 e. The summed E-state index contributed by atoms with van der Waals surface area (Å²) >= 11 is 0. The molecular weight excluding hydrogens is 215 g/mol. The molecule has 1 fully saturated rings. The van der Waals surface area contributed by atoms with Crippen molar-refractivity contribution in [3.63, 3.8) is 0 Å². The summed E-state index contributed by atoms with van der Waals surface area (Å²) < 4.78 is 13.2. The van der Waals surface area contributed by atoms with Gasteiger partial charge in [0.25, 0.3) is 0 Å².